The Morgan fingerprint density at radius 3 is 2.04 bits per heavy atom. The molecule has 11 heteroatoms. The Balaban J connectivity index is 1.90. The van der Waals surface area contributed by atoms with Crippen molar-refractivity contribution < 1.29 is 33.4 Å². The fourth-order valence-electron chi connectivity index (χ4n) is 7.32. The number of esters is 1. The topological polar surface area (TPSA) is 111 Å². The van der Waals surface area contributed by atoms with E-state index in [0.717, 1.165) is 69.0 Å². The molecule has 2 saturated heterocycles. The number of carbonyl (C=O) groups is 4. The van der Waals surface area contributed by atoms with Crippen molar-refractivity contribution in [2.75, 3.05) is 31.3 Å². The summed E-state index contributed by atoms with van der Waals surface area (Å²) in [6.07, 6.45) is 8.92. The molecule has 0 bridgehead atoms. The van der Waals surface area contributed by atoms with E-state index in [4.69, 9.17) is 14.2 Å². The third-order valence-corrected chi connectivity index (χ3v) is 16.3. The molecule has 2 amide bonds. The van der Waals surface area contributed by atoms with Crippen molar-refractivity contribution in [3.8, 4) is 5.75 Å². The lowest BCUT2D eigenvalue weighted by Crippen LogP contribution is -2.78. The van der Waals surface area contributed by atoms with Gasteiger partial charge in [-0.15, -0.1) is 11.8 Å². The molecule has 0 unspecified atom stereocenters. The highest BCUT2D eigenvalue weighted by Gasteiger charge is 2.65. The van der Waals surface area contributed by atoms with Crippen molar-refractivity contribution in [2.24, 2.45) is 0 Å². The molecule has 52 heavy (non-hydrogen) atoms. The highest BCUT2D eigenvalue weighted by molar-refractivity contribution is 8.00. The Labute approximate surface area is 315 Å². The predicted octanol–water partition coefficient (Wildman–Crippen LogP) is 7.75. The fourth-order valence-corrected chi connectivity index (χ4v) is 14.0. The van der Waals surface area contributed by atoms with Crippen molar-refractivity contribution in [3.63, 3.8) is 0 Å². The number of nitrogens with one attached hydrogen (secondary N) is 1. The molecular weight excluding hydrogens is 695 g/mol. The number of hydrogen-bond donors (Lipinski definition) is 1. The zero-order chi connectivity index (χ0) is 37.9. The number of Topliss-reactive ketones (excluding diaryl/α,β-unsaturated/α-hetero) is 1. The van der Waals surface area contributed by atoms with Crippen LogP contribution >= 0.6 is 18.6 Å². The van der Waals surface area contributed by atoms with Crippen LogP contribution in [0.4, 0.5) is 0 Å². The minimum atomic E-state index is -2.32. The number of thioether (sulfide) groups is 1. The molecule has 3 atom stereocenters. The van der Waals surface area contributed by atoms with Gasteiger partial charge in [-0.2, -0.15) is 0 Å². The van der Waals surface area contributed by atoms with Crippen LogP contribution in [0.25, 0.3) is 0 Å². The quantitative estimate of drug-likeness (QED) is 0.0831. The molecule has 2 fully saturated rings. The van der Waals surface area contributed by atoms with Crippen LogP contribution in [0.5, 0.6) is 5.75 Å². The van der Waals surface area contributed by atoms with Gasteiger partial charge in [-0.05, 0) is 87.7 Å². The molecule has 2 heterocycles. The van der Waals surface area contributed by atoms with E-state index in [2.05, 4.69) is 26.1 Å². The summed E-state index contributed by atoms with van der Waals surface area (Å²) in [7, 11) is 1.60. The average molecular weight is 755 g/mol. The normalized spacial score (nSPS) is 21.0. The van der Waals surface area contributed by atoms with Crippen LogP contribution < -0.4 is 10.1 Å². The number of unbranched alkanes of at least 4 members (excludes halogenated alkanes) is 3. The van der Waals surface area contributed by atoms with Crippen LogP contribution in [-0.4, -0.2) is 82.3 Å². The Bertz CT molecular complexity index is 1570. The largest absolute Gasteiger partial charge is 0.497 e. The van der Waals surface area contributed by atoms with E-state index >= 15 is 4.79 Å². The zero-order valence-electron chi connectivity index (χ0n) is 32.2. The van der Waals surface area contributed by atoms with Crippen molar-refractivity contribution in [3.05, 3.63) is 65.7 Å². The van der Waals surface area contributed by atoms with Gasteiger partial charge in [0.15, 0.2) is 11.3 Å². The van der Waals surface area contributed by atoms with Gasteiger partial charge in [-0.25, -0.2) is 4.79 Å². The first-order chi connectivity index (χ1) is 24.9. The second kappa shape index (κ2) is 18.8. The van der Waals surface area contributed by atoms with Gasteiger partial charge in [0.05, 0.1) is 18.5 Å². The van der Waals surface area contributed by atoms with Crippen molar-refractivity contribution in [1.82, 2.24) is 10.2 Å². The van der Waals surface area contributed by atoms with E-state index in [1.165, 1.54) is 18.7 Å². The van der Waals surface area contributed by atoms with Gasteiger partial charge in [0.1, 0.15) is 29.3 Å². The number of carbonyl (C=O) groups excluding carboxylic acids is 4. The third kappa shape index (κ3) is 9.53. The average Bonchev–Trinajstić information content (AvgIpc) is 3.52. The maximum absolute atomic E-state index is 15.1. The molecule has 286 valence electrons. The van der Waals surface area contributed by atoms with Gasteiger partial charge in [-0.1, -0.05) is 89.4 Å². The smallest absolute Gasteiger partial charge is 0.355 e. The molecule has 0 aromatic heterocycles. The lowest BCUT2D eigenvalue weighted by atomic mass is 9.80. The first-order valence-electron chi connectivity index (χ1n) is 18.9. The number of hydrogen-bond acceptors (Lipinski definition) is 8. The summed E-state index contributed by atoms with van der Waals surface area (Å²) in [5, 5.41) is 2.26. The number of β-lactam (4-membered cyclic amide) rings is 1. The summed E-state index contributed by atoms with van der Waals surface area (Å²) >= 11 is 1.30. The van der Waals surface area contributed by atoms with Crippen LogP contribution in [0.1, 0.15) is 104 Å². The molecule has 4 rings (SSSR count). The zero-order valence-corrected chi connectivity index (χ0v) is 33.9. The lowest BCUT2D eigenvalue weighted by Gasteiger charge is -2.57. The van der Waals surface area contributed by atoms with Crippen molar-refractivity contribution >= 4 is 47.6 Å². The summed E-state index contributed by atoms with van der Waals surface area (Å²) in [6, 6.07) is 16.6. The molecule has 0 radical (unpaired) electrons. The second-order valence-corrected chi connectivity index (χ2v) is 19.8. The fraction of sp³-hybridized carbons (Fsp3) is 0.585. The molecule has 9 nitrogen and oxygen atoms in total. The highest BCUT2D eigenvalue weighted by atomic mass is 32.2. The van der Waals surface area contributed by atoms with Gasteiger partial charge in [-0.3, -0.25) is 19.3 Å². The van der Waals surface area contributed by atoms with E-state index in [0.29, 0.717) is 23.2 Å². The van der Waals surface area contributed by atoms with E-state index < -0.39 is 29.9 Å². The molecule has 0 saturated carbocycles. The number of benzene rings is 2. The molecule has 2 aliphatic heterocycles. The molecule has 2 aliphatic rings. The first-order valence-corrected chi connectivity index (χ1v) is 22.3. The van der Waals surface area contributed by atoms with Crippen LogP contribution in [0.15, 0.2) is 54.6 Å². The third-order valence-electron chi connectivity index (χ3n) is 10.2. The Morgan fingerprint density at radius 1 is 0.942 bits per heavy atom. The molecule has 0 aliphatic carbocycles. The van der Waals surface area contributed by atoms with Gasteiger partial charge < -0.3 is 19.5 Å². The summed E-state index contributed by atoms with van der Waals surface area (Å²) in [4.78, 5) is 58.4. The number of ketones is 1. The maximum atomic E-state index is 15.1. The maximum Gasteiger partial charge on any atom is 0.355 e. The number of ether oxygens (including phenoxy) is 3. The van der Waals surface area contributed by atoms with Gasteiger partial charge >= 0.3 is 5.97 Å². The lowest BCUT2D eigenvalue weighted by molar-refractivity contribution is -0.154. The molecular formula is C41H59N2O7PS. The van der Waals surface area contributed by atoms with E-state index in [1.54, 1.807) is 12.0 Å². The van der Waals surface area contributed by atoms with Crippen LogP contribution in [-0.2, 0) is 40.8 Å². The summed E-state index contributed by atoms with van der Waals surface area (Å²) in [6.45, 7) is 9.54. The number of rotatable bonds is 20. The standard InChI is InChI=1S/C41H59N2O7PS/c1-8-11-25-51(26-12-9-2,27-13-10-3)36(37(46)49-28-31-19-21-33(48-7)22-20-31)43-38(47)41(42-30(4)44,32-17-15-14-16-18-32)39(43)52-29-34(45)35-23-24-40(5,6)50-35/h14-22,35,39H,8-13,23-29H2,1-7H3,(H,42,44)/t35-,39+,41+/m0/s1. The van der Waals surface area contributed by atoms with Crippen molar-refractivity contribution in [2.45, 2.75) is 122 Å². The predicted molar refractivity (Wildman–Crippen MR) is 212 cm³/mol. The Morgan fingerprint density at radius 2 is 1.54 bits per heavy atom. The molecule has 1 N–H and O–H groups in total. The summed E-state index contributed by atoms with van der Waals surface area (Å²) in [5.74, 6) is -0.546. The molecule has 2 aromatic carbocycles. The number of likely N-dealkylation sites (tertiary alicyclic amines) is 1. The minimum absolute atomic E-state index is 0.0321. The van der Waals surface area contributed by atoms with E-state index in [1.807, 2.05) is 68.4 Å². The van der Waals surface area contributed by atoms with E-state index in [-0.39, 0.29) is 35.6 Å². The van der Waals surface area contributed by atoms with Crippen LogP contribution in [0.2, 0.25) is 0 Å². The second-order valence-electron chi connectivity index (χ2n) is 14.7. The number of amides is 2. The monoisotopic (exact) mass is 754 g/mol. The van der Waals surface area contributed by atoms with Gasteiger partial charge in [0.25, 0.3) is 5.91 Å². The van der Waals surface area contributed by atoms with Gasteiger partial charge in [0.2, 0.25) is 5.91 Å². The molecule has 2 aromatic rings. The SMILES string of the molecule is CCCCP(CCCC)(CCCC)=C(C(=O)OCc1ccc(OC)cc1)N1C(=O)[C@](NC(C)=O)(c2ccccc2)[C@H]1SCC(=O)[C@@H]1CCC(C)(C)O1. The minimum Gasteiger partial charge on any atom is -0.497 e. The Kier molecular flexibility index (Phi) is 15.1. The van der Waals surface area contributed by atoms with E-state index in [9.17, 15) is 14.4 Å². The van der Waals surface area contributed by atoms with Crippen LogP contribution in [0.3, 0.4) is 0 Å². The Hall–Kier alpha value is -3.07. The van der Waals surface area contributed by atoms with Crippen LogP contribution in [0, 0.1) is 0 Å². The first kappa shape index (κ1) is 41.7. The molecule has 0 spiro atoms. The highest BCUT2D eigenvalue weighted by Crippen LogP contribution is 2.57. The van der Waals surface area contributed by atoms with Crippen molar-refractivity contribution in [1.29, 1.82) is 0 Å². The summed E-state index contributed by atoms with van der Waals surface area (Å²) < 4.78 is 17.6. The number of nitrogens with zero attached hydrogens (tertiary/aromatic N) is 1. The summed E-state index contributed by atoms with van der Waals surface area (Å²) in [5.41, 5.74) is -0.00694. The number of methoxy groups -OCH3 is 1. The van der Waals surface area contributed by atoms with Gasteiger partial charge in [0, 0.05) is 6.92 Å².